The van der Waals surface area contributed by atoms with Crippen molar-refractivity contribution in [2.75, 3.05) is 25.1 Å². The van der Waals surface area contributed by atoms with E-state index in [1.807, 2.05) is 17.0 Å². The number of carbonyl (C=O) groups is 2. The lowest BCUT2D eigenvalue weighted by Gasteiger charge is -2.39. The van der Waals surface area contributed by atoms with Crippen LogP contribution in [0.1, 0.15) is 22.8 Å². The second kappa shape index (κ2) is 7.84. The molecule has 1 amide bonds. The van der Waals surface area contributed by atoms with Gasteiger partial charge in [0.15, 0.2) is 0 Å². The first-order valence-corrected chi connectivity index (χ1v) is 8.58. The van der Waals surface area contributed by atoms with E-state index in [0.717, 1.165) is 17.7 Å². The zero-order chi connectivity index (χ0) is 19.6. The molecule has 0 spiro atoms. The van der Waals surface area contributed by atoms with Crippen molar-refractivity contribution in [1.29, 1.82) is 0 Å². The number of piperazine rings is 1. The summed E-state index contributed by atoms with van der Waals surface area (Å²) in [6, 6.07) is 9.74. The lowest BCUT2D eigenvalue weighted by Crippen LogP contribution is -2.55. The first-order valence-electron chi connectivity index (χ1n) is 8.58. The van der Waals surface area contributed by atoms with Crippen LogP contribution in [0.3, 0.4) is 0 Å². The number of ether oxygens (including phenoxy) is 1. The van der Waals surface area contributed by atoms with Crippen LogP contribution >= 0.6 is 0 Å². The molecule has 0 aromatic heterocycles. The lowest BCUT2D eigenvalue weighted by molar-refractivity contribution is -0.125. The SMILES string of the molecule is COC(=O)c1ccc(CN2CCN(c3ccc(F)cc3F)C(=O)C2C)cc1. The number of hydrogen-bond acceptors (Lipinski definition) is 4. The molecule has 1 fully saturated rings. The van der Waals surface area contributed by atoms with Crippen molar-refractivity contribution in [2.45, 2.75) is 19.5 Å². The van der Waals surface area contributed by atoms with Crippen molar-refractivity contribution in [2.24, 2.45) is 0 Å². The zero-order valence-corrected chi connectivity index (χ0v) is 15.1. The van der Waals surface area contributed by atoms with Gasteiger partial charge in [0.05, 0.1) is 24.4 Å². The number of methoxy groups -OCH3 is 1. The van der Waals surface area contributed by atoms with Crippen molar-refractivity contribution in [1.82, 2.24) is 4.90 Å². The lowest BCUT2D eigenvalue weighted by atomic mass is 10.1. The summed E-state index contributed by atoms with van der Waals surface area (Å²) in [4.78, 5) is 27.5. The molecule has 0 saturated carbocycles. The molecule has 0 radical (unpaired) electrons. The predicted octanol–water partition coefficient (Wildman–Crippen LogP) is 2.99. The van der Waals surface area contributed by atoms with Gasteiger partial charge in [-0.2, -0.15) is 0 Å². The highest BCUT2D eigenvalue weighted by atomic mass is 19.1. The number of anilines is 1. The van der Waals surface area contributed by atoms with Crippen LogP contribution in [0.2, 0.25) is 0 Å². The maximum Gasteiger partial charge on any atom is 0.337 e. The van der Waals surface area contributed by atoms with Crippen LogP contribution in [0.15, 0.2) is 42.5 Å². The molecule has 142 valence electrons. The van der Waals surface area contributed by atoms with Gasteiger partial charge < -0.3 is 9.64 Å². The number of rotatable bonds is 4. The van der Waals surface area contributed by atoms with Gasteiger partial charge in [0, 0.05) is 25.7 Å². The molecule has 1 unspecified atom stereocenters. The Morgan fingerprint density at radius 1 is 1.15 bits per heavy atom. The molecule has 7 heteroatoms. The van der Waals surface area contributed by atoms with Gasteiger partial charge in [0.25, 0.3) is 0 Å². The maximum atomic E-state index is 14.0. The Kier molecular flexibility index (Phi) is 5.51. The second-order valence-corrected chi connectivity index (χ2v) is 6.42. The van der Waals surface area contributed by atoms with Crippen LogP contribution in [-0.4, -0.2) is 43.0 Å². The van der Waals surface area contributed by atoms with Crippen molar-refractivity contribution in [3.05, 3.63) is 65.2 Å². The van der Waals surface area contributed by atoms with Crippen molar-refractivity contribution >= 4 is 17.6 Å². The maximum absolute atomic E-state index is 14.0. The summed E-state index contributed by atoms with van der Waals surface area (Å²) >= 11 is 0. The molecule has 2 aromatic rings. The third-order valence-electron chi connectivity index (χ3n) is 4.74. The van der Waals surface area contributed by atoms with Gasteiger partial charge in [-0.1, -0.05) is 12.1 Å². The summed E-state index contributed by atoms with van der Waals surface area (Å²) < 4.78 is 31.8. The summed E-state index contributed by atoms with van der Waals surface area (Å²) in [5.41, 5.74) is 1.50. The topological polar surface area (TPSA) is 49.9 Å². The van der Waals surface area contributed by atoms with E-state index in [1.54, 1.807) is 19.1 Å². The Labute approximate surface area is 156 Å². The number of esters is 1. The Balaban J connectivity index is 1.70. The van der Waals surface area contributed by atoms with Crippen LogP contribution in [0.25, 0.3) is 0 Å². The van der Waals surface area contributed by atoms with Gasteiger partial charge in [-0.15, -0.1) is 0 Å². The Morgan fingerprint density at radius 2 is 1.85 bits per heavy atom. The molecule has 3 rings (SSSR count). The van der Waals surface area contributed by atoms with E-state index in [4.69, 9.17) is 0 Å². The summed E-state index contributed by atoms with van der Waals surface area (Å²) in [5, 5.41) is 0. The summed E-state index contributed by atoms with van der Waals surface area (Å²) in [5.74, 6) is -2.06. The van der Waals surface area contributed by atoms with Gasteiger partial charge >= 0.3 is 5.97 Å². The molecule has 0 N–H and O–H groups in total. The number of nitrogens with zero attached hydrogens (tertiary/aromatic N) is 2. The summed E-state index contributed by atoms with van der Waals surface area (Å²) in [6.07, 6.45) is 0. The Morgan fingerprint density at radius 3 is 2.48 bits per heavy atom. The fourth-order valence-electron chi connectivity index (χ4n) is 3.17. The quantitative estimate of drug-likeness (QED) is 0.772. The van der Waals surface area contributed by atoms with Crippen molar-refractivity contribution in [3.63, 3.8) is 0 Å². The van der Waals surface area contributed by atoms with Crippen LogP contribution in [0.5, 0.6) is 0 Å². The molecule has 1 aliphatic heterocycles. The summed E-state index contributed by atoms with van der Waals surface area (Å²) in [6.45, 7) is 3.14. The number of carbonyl (C=O) groups excluding carboxylic acids is 2. The highest BCUT2D eigenvalue weighted by Crippen LogP contribution is 2.25. The van der Waals surface area contributed by atoms with Crippen molar-refractivity contribution in [3.8, 4) is 0 Å². The number of halogens is 2. The molecule has 1 atom stereocenters. The standard InChI is InChI=1S/C20H20F2N2O3/c1-13-19(25)24(18-8-7-16(21)11-17(18)22)10-9-23(13)12-14-3-5-15(6-4-14)20(26)27-2/h3-8,11,13H,9-10,12H2,1-2H3. The van der Waals surface area contributed by atoms with Crippen molar-refractivity contribution < 1.29 is 23.1 Å². The third kappa shape index (κ3) is 3.98. The largest absolute Gasteiger partial charge is 0.465 e. The van der Waals surface area contributed by atoms with E-state index < -0.39 is 23.6 Å². The van der Waals surface area contributed by atoms with E-state index in [1.165, 1.54) is 18.1 Å². The molecular weight excluding hydrogens is 354 g/mol. The van der Waals surface area contributed by atoms with Crippen LogP contribution in [-0.2, 0) is 16.1 Å². The predicted molar refractivity (Wildman–Crippen MR) is 96.4 cm³/mol. The molecular formula is C20H20F2N2O3. The van der Waals surface area contributed by atoms with E-state index in [9.17, 15) is 18.4 Å². The van der Waals surface area contributed by atoms with Gasteiger partial charge in [-0.3, -0.25) is 9.69 Å². The molecule has 0 aliphatic carbocycles. The second-order valence-electron chi connectivity index (χ2n) is 6.42. The smallest absolute Gasteiger partial charge is 0.337 e. The molecule has 1 saturated heterocycles. The number of amides is 1. The monoisotopic (exact) mass is 374 g/mol. The molecule has 1 heterocycles. The van der Waals surface area contributed by atoms with E-state index in [-0.39, 0.29) is 11.6 Å². The highest BCUT2D eigenvalue weighted by Gasteiger charge is 2.33. The van der Waals surface area contributed by atoms with Gasteiger partial charge in [0.2, 0.25) is 5.91 Å². The Hall–Kier alpha value is -2.80. The van der Waals surface area contributed by atoms with Gasteiger partial charge in [0.1, 0.15) is 11.6 Å². The Bertz CT molecular complexity index is 855. The highest BCUT2D eigenvalue weighted by molar-refractivity contribution is 5.97. The van der Waals surface area contributed by atoms with Crippen LogP contribution < -0.4 is 4.90 Å². The fourth-order valence-corrected chi connectivity index (χ4v) is 3.17. The average molecular weight is 374 g/mol. The molecule has 27 heavy (non-hydrogen) atoms. The first-order chi connectivity index (χ1) is 12.9. The third-order valence-corrected chi connectivity index (χ3v) is 4.74. The van der Waals surface area contributed by atoms with E-state index in [0.29, 0.717) is 25.2 Å². The normalized spacial score (nSPS) is 17.9. The molecule has 2 aromatic carbocycles. The van der Waals surface area contributed by atoms with E-state index in [2.05, 4.69) is 4.74 Å². The number of benzene rings is 2. The van der Waals surface area contributed by atoms with Crippen LogP contribution in [0.4, 0.5) is 14.5 Å². The fraction of sp³-hybridized carbons (Fsp3) is 0.300. The average Bonchev–Trinajstić information content (AvgIpc) is 2.66. The minimum Gasteiger partial charge on any atom is -0.465 e. The van der Waals surface area contributed by atoms with Crippen LogP contribution in [0, 0.1) is 11.6 Å². The number of hydrogen-bond donors (Lipinski definition) is 0. The first kappa shape index (κ1) is 19.0. The minimum absolute atomic E-state index is 0.0929. The minimum atomic E-state index is -0.748. The van der Waals surface area contributed by atoms with Gasteiger partial charge in [-0.25, -0.2) is 13.6 Å². The molecule has 0 bridgehead atoms. The zero-order valence-electron chi connectivity index (χ0n) is 15.1. The molecule has 1 aliphatic rings. The van der Waals surface area contributed by atoms with Gasteiger partial charge in [-0.05, 0) is 36.8 Å². The summed E-state index contributed by atoms with van der Waals surface area (Å²) in [7, 11) is 1.33. The van der Waals surface area contributed by atoms with E-state index >= 15 is 0 Å². The molecule has 5 nitrogen and oxygen atoms in total.